The van der Waals surface area contributed by atoms with Gasteiger partial charge in [0, 0.05) is 0 Å². The number of esters is 1. The summed E-state index contributed by atoms with van der Waals surface area (Å²) < 4.78 is 4.12. The summed E-state index contributed by atoms with van der Waals surface area (Å²) in [7, 11) is 1.04. The Bertz CT molecular complexity index is 247. The van der Waals surface area contributed by atoms with Crippen LogP contribution in [0.15, 0.2) is 0 Å². The largest absolute Gasteiger partial charge is 0.463 e. The van der Waals surface area contributed by atoms with E-state index in [2.05, 4.69) is 4.74 Å². The molecule has 0 aliphatic heterocycles. The predicted octanol–water partition coefficient (Wildman–Crippen LogP) is -0.329. The van der Waals surface area contributed by atoms with Crippen molar-refractivity contribution in [2.75, 3.05) is 7.11 Å². The average molecular weight is 201 g/mol. The maximum absolute atomic E-state index is 11.2. The van der Waals surface area contributed by atoms with Gasteiger partial charge in [0.25, 0.3) is 0 Å². The normalized spacial score (nSPS) is 12.4. The van der Waals surface area contributed by atoms with Crippen LogP contribution in [0.4, 0.5) is 0 Å². The summed E-state index contributed by atoms with van der Waals surface area (Å²) in [5, 5.41) is 0. The van der Waals surface area contributed by atoms with Gasteiger partial charge in [-0.3, -0.25) is 9.59 Å². The lowest BCUT2D eigenvalue weighted by atomic mass is 9.99. The van der Waals surface area contributed by atoms with Crippen LogP contribution in [-0.4, -0.2) is 30.7 Å². The molecular weight excluding hydrogens is 186 g/mol. The highest BCUT2D eigenvalue weighted by Crippen LogP contribution is 2.04. The third-order valence-electron chi connectivity index (χ3n) is 1.66. The van der Waals surface area contributed by atoms with Crippen molar-refractivity contribution in [3.63, 3.8) is 0 Å². The van der Waals surface area contributed by atoms with Crippen molar-refractivity contribution >= 4 is 17.5 Å². The second-order valence-corrected chi connectivity index (χ2v) is 3.42. The second-order valence-electron chi connectivity index (χ2n) is 3.42. The maximum Gasteiger partial charge on any atom is 0.382 e. The number of hydrogen-bond donors (Lipinski definition) is 1. The van der Waals surface area contributed by atoms with Gasteiger partial charge >= 0.3 is 11.8 Å². The third kappa shape index (κ3) is 3.66. The summed E-state index contributed by atoms with van der Waals surface area (Å²) in [4.78, 5) is 32.9. The fourth-order valence-electron chi connectivity index (χ4n) is 0.977. The van der Waals surface area contributed by atoms with Gasteiger partial charge in [-0.1, -0.05) is 13.8 Å². The molecule has 0 aliphatic carbocycles. The Balaban J connectivity index is 4.32. The number of hydrogen-bond acceptors (Lipinski definition) is 5. The Morgan fingerprint density at radius 3 is 2.14 bits per heavy atom. The number of nitrogens with two attached hydrogens (primary N) is 1. The number of rotatable bonds is 5. The number of carbonyl (C=O) groups is 3. The minimum absolute atomic E-state index is 0.194. The van der Waals surface area contributed by atoms with Gasteiger partial charge in [0.15, 0.2) is 0 Å². The summed E-state index contributed by atoms with van der Waals surface area (Å²) >= 11 is 0. The van der Waals surface area contributed by atoms with Crippen LogP contribution >= 0.6 is 0 Å². The maximum atomic E-state index is 11.2. The molecule has 0 saturated carbocycles. The highest BCUT2D eigenvalue weighted by atomic mass is 16.5. The number of ketones is 2. The van der Waals surface area contributed by atoms with Gasteiger partial charge in [0.1, 0.15) is 0 Å². The molecule has 0 rings (SSSR count). The first-order valence-electron chi connectivity index (χ1n) is 4.32. The van der Waals surface area contributed by atoms with Gasteiger partial charge in [-0.25, -0.2) is 4.79 Å². The molecule has 0 radical (unpaired) electrons. The summed E-state index contributed by atoms with van der Waals surface area (Å²) in [5.41, 5.74) is 5.43. The fourth-order valence-corrected chi connectivity index (χ4v) is 0.977. The Morgan fingerprint density at radius 2 is 1.79 bits per heavy atom. The third-order valence-corrected chi connectivity index (χ3v) is 1.66. The van der Waals surface area contributed by atoms with Crippen molar-refractivity contribution in [2.45, 2.75) is 26.3 Å². The Labute approximate surface area is 82.6 Å². The molecule has 0 heterocycles. The second kappa shape index (κ2) is 5.49. The Hall–Kier alpha value is -1.23. The zero-order valence-corrected chi connectivity index (χ0v) is 8.57. The minimum Gasteiger partial charge on any atom is -0.463 e. The average Bonchev–Trinajstić information content (AvgIpc) is 2.13. The predicted molar refractivity (Wildman–Crippen MR) is 49.5 cm³/mol. The first kappa shape index (κ1) is 12.8. The van der Waals surface area contributed by atoms with Crippen molar-refractivity contribution in [1.29, 1.82) is 0 Å². The van der Waals surface area contributed by atoms with Crippen LogP contribution in [0.5, 0.6) is 0 Å². The number of carbonyl (C=O) groups excluding carboxylic acids is 3. The molecule has 0 fully saturated rings. The number of Topliss-reactive ketones (excluding diaryl/α,β-unsaturated/α-hetero) is 2. The van der Waals surface area contributed by atoms with Crippen LogP contribution in [0.25, 0.3) is 0 Å². The van der Waals surface area contributed by atoms with E-state index in [4.69, 9.17) is 5.73 Å². The molecule has 80 valence electrons. The van der Waals surface area contributed by atoms with E-state index in [1.807, 2.05) is 13.8 Å². The van der Waals surface area contributed by atoms with Gasteiger partial charge in [0.2, 0.25) is 5.78 Å². The summed E-state index contributed by atoms with van der Waals surface area (Å²) in [6.45, 7) is 3.74. The molecular formula is C9H15NO4. The zero-order valence-electron chi connectivity index (χ0n) is 8.57. The van der Waals surface area contributed by atoms with Crippen molar-refractivity contribution in [2.24, 2.45) is 11.7 Å². The molecule has 5 heteroatoms. The molecule has 5 nitrogen and oxygen atoms in total. The first-order valence-corrected chi connectivity index (χ1v) is 4.32. The zero-order chi connectivity index (χ0) is 11.3. The quantitative estimate of drug-likeness (QED) is 0.374. The van der Waals surface area contributed by atoms with E-state index in [0.29, 0.717) is 6.42 Å². The molecule has 0 aromatic carbocycles. The lowest BCUT2D eigenvalue weighted by Gasteiger charge is -2.10. The summed E-state index contributed by atoms with van der Waals surface area (Å²) in [6.07, 6.45) is 0.377. The van der Waals surface area contributed by atoms with Crippen molar-refractivity contribution in [1.82, 2.24) is 0 Å². The minimum atomic E-state index is -1.18. The molecule has 0 aromatic rings. The van der Waals surface area contributed by atoms with Gasteiger partial charge in [0.05, 0.1) is 13.2 Å². The molecule has 0 aromatic heterocycles. The van der Waals surface area contributed by atoms with Crippen LogP contribution in [-0.2, 0) is 19.1 Å². The lowest BCUT2D eigenvalue weighted by molar-refractivity contribution is -0.155. The van der Waals surface area contributed by atoms with Crippen LogP contribution < -0.4 is 5.73 Å². The van der Waals surface area contributed by atoms with Gasteiger partial charge < -0.3 is 10.5 Å². The van der Waals surface area contributed by atoms with E-state index in [1.165, 1.54) is 0 Å². The summed E-state index contributed by atoms with van der Waals surface area (Å²) in [6, 6.07) is -0.915. The van der Waals surface area contributed by atoms with Crippen molar-refractivity contribution in [3.05, 3.63) is 0 Å². The molecule has 0 bridgehead atoms. The van der Waals surface area contributed by atoms with Crippen molar-refractivity contribution in [3.8, 4) is 0 Å². The molecule has 0 unspecified atom stereocenters. The number of ether oxygens (including phenoxy) is 1. The molecule has 2 N–H and O–H groups in total. The molecule has 0 aliphatic rings. The van der Waals surface area contributed by atoms with E-state index in [9.17, 15) is 14.4 Å². The standard InChI is InChI=1S/C9H15NO4/c1-5(2)4-6(10)7(11)8(12)9(13)14-3/h5-6H,4,10H2,1-3H3/t6-/m0/s1. The summed E-state index contributed by atoms with van der Waals surface area (Å²) in [5.74, 6) is -3.03. The first-order chi connectivity index (χ1) is 6.40. The van der Waals surface area contributed by atoms with Crippen LogP contribution in [0.3, 0.4) is 0 Å². The highest BCUT2D eigenvalue weighted by Gasteiger charge is 2.28. The van der Waals surface area contributed by atoms with E-state index in [-0.39, 0.29) is 5.92 Å². The van der Waals surface area contributed by atoms with E-state index in [0.717, 1.165) is 7.11 Å². The fraction of sp³-hybridized carbons (Fsp3) is 0.667. The molecule has 0 saturated heterocycles. The van der Waals surface area contributed by atoms with E-state index < -0.39 is 23.6 Å². The van der Waals surface area contributed by atoms with Crippen LogP contribution in [0.1, 0.15) is 20.3 Å². The molecule has 1 atom stereocenters. The molecule has 0 spiro atoms. The lowest BCUT2D eigenvalue weighted by Crippen LogP contribution is -2.40. The highest BCUT2D eigenvalue weighted by molar-refractivity contribution is 6.63. The van der Waals surface area contributed by atoms with Gasteiger partial charge in [-0.15, -0.1) is 0 Å². The van der Waals surface area contributed by atoms with Crippen molar-refractivity contribution < 1.29 is 19.1 Å². The molecule has 14 heavy (non-hydrogen) atoms. The van der Waals surface area contributed by atoms with E-state index >= 15 is 0 Å². The monoisotopic (exact) mass is 201 g/mol. The van der Waals surface area contributed by atoms with E-state index in [1.54, 1.807) is 0 Å². The number of methoxy groups -OCH3 is 1. The Kier molecular flexibility index (Phi) is 5.01. The molecule has 0 amide bonds. The Morgan fingerprint density at radius 1 is 1.29 bits per heavy atom. The smallest absolute Gasteiger partial charge is 0.382 e. The van der Waals surface area contributed by atoms with Gasteiger partial charge in [-0.05, 0) is 12.3 Å². The van der Waals surface area contributed by atoms with Crippen LogP contribution in [0.2, 0.25) is 0 Å². The SMILES string of the molecule is COC(=O)C(=O)C(=O)[C@@H](N)CC(C)C. The van der Waals surface area contributed by atoms with Crippen LogP contribution in [0, 0.1) is 5.92 Å². The topological polar surface area (TPSA) is 86.5 Å². The van der Waals surface area contributed by atoms with Gasteiger partial charge in [-0.2, -0.15) is 0 Å².